The lowest BCUT2D eigenvalue weighted by Gasteiger charge is -2.04. The molecule has 2 rings (SSSR count). The number of carbonyl (C=O) groups excluding carboxylic acids is 1. The standard InChI is InChI=1S/C21H22N2O2/c1-3-5-6-7-16-25-21(24)18-10-14-20(15-11-18)23-22-19-12-8-17(4-2)9-13-19/h2,8-15H,3,5-7,16H2,1H3. The van der Waals surface area contributed by atoms with E-state index in [0.29, 0.717) is 17.9 Å². The number of ether oxygens (including phenoxy) is 1. The number of rotatable bonds is 8. The molecule has 0 radical (unpaired) electrons. The second-order valence-corrected chi connectivity index (χ2v) is 5.63. The number of benzene rings is 2. The molecule has 4 heteroatoms. The summed E-state index contributed by atoms with van der Waals surface area (Å²) in [5.41, 5.74) is 2.71. The zero-order valence-corrected chi connectivity index (χ0v) is 14.4. The molecule has 0 saturated heterocycles. The number of unbranched alkanes of at least 4 members (excludes halogenated alkanes) is 3. The van der Waals surface area contributed by atoms with Gasteiger partial charge < -0.3 is 4.74 Å². The number of hydrogen-bond donors (Lipinski definition) is 0. The molecule has 0 saturated carbocycles. The fraction of sp³-hybridized carbons (Fsp3) is 0.286. The molecule has 2 aromatic carbocycles. The van der Waals surface area contributed by atoms with E-state index >= 15 is 0 Å². The normalized spacial score (nSPS) is 10.6. The maximum absolute atomic E-state index is 11.9. The number of terminal acetylenes is 1. The van der Waals surface area contributed by atoms with Crippen LogP contribution in [0, 0.1) is 12.3 Å². The molecule has 0 aromatic heterocycles. The van der Waals surface area contributed by atoms with Gasteiger partial charge in [0.25, 0.3) is 0 Å². The van der Waals surface area contributed by atoms with Crippen LogP contribution in [0.4, 0.5) is 11.4 Å². The van der Waals surface area contributed by atoms with Gasteiger partial charge in [0.2, 0.25) is 0 Å². The average molecular weight is 334 g/mol. The van der Waals surface area contributed by atoms with Crippen molar-refractivity contribution in [2.24, 2.45) is 10.2 Å². The van der Waals surface area contributed by atoms with Crippen LogP contribution in [-0.4, -0.2) is 12.6 Å². The van der Waals surface area contributed by atoms with Gasteiger partial charge in [-0.2, -0.15) is 10.2 Å². The molecule has 2 aromatic rings. The van der Waals surface area contributed by atoms with Crippen LogP contribution >= 0.6 is 0 Å². The zero-order chi connectivity index (χ0) is 17.9. The van der Waals surface area contributed by atoms with Crippen molar-refractivity contribution in [3.63, 3.8) is 0 Å². The maximum Gasteiger partial charge on any atom is 0.338 e. The maximum atomic E-state index is 11.9. The lowest BCUT2D eigenvalue weighted by Crippen LogP contribution is -2.06. The smallest absolute Gasteiger partial charge is 0.338 e. The SMILES string of the molecule is C#Cc1ccc(N=Nc2ccc(C(=O)OCCCCCC)cc2)cc1. The molecule has 0 fully saturated rings. The van der Waals surface area contributed by atoms with Crippen molar-refractivity contribution in [3.8, 4) is 12.3 Å². The minimum Gasteiger partial charge on any atom is -0.462 e. The van der Waals surface area contributed by atoms with Crippen molar-refractivity contribution >= 4 is 17.3 Å². The Morgan fingerprint density at radius 2 is 1.56 bits per heavy atom. The van der Waals surface area contributed by atoms with Crippen LogP contribution in [0.1, 0.15) is 48.5 Å². The topological polar surface area (TPSA) is 51.0 Å². The highest BCUT2D eigenvalue weighted by Crippen LogP contribution is 2.19. The van der Waals surface area contributed by atoms with Crippen molar-refractivity contribution in [1.29, 1.82) is 0 Å². The molecule has 128 valence electrons. The Kier molecular flexibility index (Phi) is 7.40. The van der Waals surface area contributed by atoms with E-state index in [4.69, 9.17) is 11.2 Å². The highest BCUT2D eigenvalue weighted by molar-refractivity contribution is 5.89. The van der Waals surface area contributed by atoms with Crippen LogP contribution in [0.3, 0.4) is 0 Å². The molecule has 0 aliphatic carbocycles. The van der Waals surface area contributed by atoms with E-state index in [1.807, 2.05) is 24.3 Å². The van der Waals surface area contributed by atoms with Gasteiger partial charge in [0.15, 0.2) is 0 Å². The Morgan fingerprint density at radius 3 is 2.12 bits per heavy atom. The largest absolute Gasteiger partial charge is 0.462 e. The summed E-state index contributed by atoms with van der Waals surface area (Å²) in [5.74, 6) is 2.25. The van der Waals surface area contributed by atoms with Crippen molar-refractivity contribution in [3.05, 3.63) is 59.7 Å². The number of hydrogen-bond acceptors (Lipinski definition) is 4. The van der Waals surface area contributed by atoms with E-state index in [9.17, 15) is 4.79 Å². The van der Waals surface area contributed by atoms with Crippen LogP contribution in [-0.2, 0) is 4.74 Å². The minimum absolute atomic E-state index is 0.301. The lowest BCUT2D eigenvalue weighted by molar-refractivity contribution is 0.0498. The minimum atomic E-state index is -0.301. The summed E-state index contributed by atoms with van der Waals surface area (Å²) in [5, 5.41) is 8.29. The lowest BCUT2D eigenvalue weighted by atomic mass is 10.2. The molecule has 0 spiro atoms. The van der Waals surface area contributed by atoms with Gasteiger partial charge in [-0.15, -0.1) is 6.42 Å². The first-order valence-corrected chi connectivity index (χ1v) is 8.48. The molecule has 0 aliphatic rings. The fourth-order valence-electron chi connectivity index (χ4n) is 2.18. The number of azo groups is 1. The first-order valence-electron chi connectivity index (χ1n) is 8.48. The van der Waals surface area contributed by atoms with Gasteiger partial charge in [-0.3, -0.25) is 0 Å². The Hall–Kier alpha value is -2.93. The molecule has 0 heterocycles. The van der Waals surface area contributed by atoms with Gasteiger partial charge in [0.1, 0.15) is 0 Å². The summed E-state index contributed by atoms with van der Waals surface area (Å²) in [7, 11) is 0. The monoisotopic (exact) mass is 334 g/mol. The predicted molar refractivity (Wildman–Crippen MR) is 99.4 cm³/mol. The molecule has 25 heavy (non-hydrogen) atoms. The van der Waals surface area contributed by atoms with E-state index in [1.165, 1.54) is 6.42 Å². The Bertz CT molecular complexity index is 741. The van der Waals surface area contributed by atoms with Crippen LogP contribution < -0.4 is 0 Å². The molecule has 0 atom stereocenters. The third kappa shape index (κ3) is 6.23. The van der Waals surface area contributed by atoms with E-state index in [0.717, 1.165) is 30.5 Å². The third-order valence-electron chi connectivity index (χ3n) is 3.65. The summed E-state index contributed by atoms with van der Waals surface area (Å²) in [6.07, 6.45) is 9.64. The van der Waals surface area contributed by atoms with Gasteiger partial charge in [0, 0.05) is 5.56 Å². The number of carbonyl (C=O) groups is 1. The van der Waals surface area contributed by atoms with Crippen LogP contribution in [0.5, 0.6) is 0 Å². The van der Waals surface area contributed by atoms with Gasteiger partial charge in [0.05, 0.1) is 23.5 Å². The average Bonchev–Trinajstić information content (AvgIpc) is 2.67. The van der Waals surface area contributed by atoms with Gasteiger partial charge in [-0.05, 0) is 55.0 Å². The Morgan fingerprint density at radius 1 is 0.960 bits per heavy atom. The van der Waals surface area contributed by atoms with E-state index in [2.05, 4.69) is 23.1 Å². The first-order chi connectivity index (χ1) is 12.2. The zero-order valence-electron chi connectivity index (χ0n) is 14.4. The Labute approximate surface area is 148 Å². The quantitative estimate of drug-likeness (QED) is 0.264. The van der Waals surface area contributed by atoms with Gasteiger partial charge in [-0.1, -0.05) is 32.1 Å². The summed E-state index contributed by atoms with van der Waals surface area (Å²) in [4.78, 5) is 11.9. The predicted octanol–water partition coefficient (Wildman–Crippen LogP) is 5.82. The number of esters is 1. The molecule has 0 bridgehead atoms. The van der Waals surface area contributed by atoms with Crippen LogP contribution in [0.2, 0.25) is 0 Å². The molecule has 0 unspecified atom stereocenters. The molecular weight excluding hydrogens is 312 g/mol. The van der Waals surface area contributed by atoms with Crippen LogP contribution in [0.15, 0.2) is 58.8 Å². The highest BCUT2D eigenvalue weighted by Gasteiger charge is 2.06. The fourth-order valence-corrected chi connectivity index (χ4v) is 2.18. The highest BCUT2D eigenvalue weighted by atomic mass is 16.5. The summed E-state index contributed by atoms with van der Waals surface area (Å²) in [6.45, 7) is 2.62. The molecule has 0 aliphatic heterocycles. The molecular formula is C21H22N2O2. The summed E-state index contributed by atoms with van der Waals surface area (Å²) < 4.78 is 5.26. The third-order valence-corrected chi connectivity index (χ3v) is 3.65. The van der Waals surface area contributed by atoms with E-state index < -0.39 is 0 Å². The second-order valence-electron chi connectivity index (χ2n) is 5.63. The van der Waals surface area contributed by atoms with Crippen LogP contribution in [0.25, 0.3) is 0 Å². The van der Waals surface area contributed by atoms with Gasteiger partial charge >= 0.3 is 5.97 Å². The van der Waals surface area contributed by atoms with Crippen molar-refractivity contribution in [1.82, 2.24) is 0 Å². The van der Waals surface area contributed by atoms with Gasteiger partial charge in [-0.25, -0.2) is 4.79 Å². The first kappa shape index (κ1) is 18.4. The number of nitrogens with zero attached hydrogens (tertiary/aromatic N) is 2. The molecule has 0 N–H and O–H groups in total. The van der Waals surface area contributed by atoms with Crippen molar-refractivity contribution in [2.75, 3.05) is 6.61 Å². The summed E-state index contributed by atoms with van der Waals surface area (Å²) in [6, 6.07) is 14.1. The van der Waals surface area contributed by atoms with Crippen molar-refractivity contribution < 1.29 is 9.53 Å². The second kappa shape index (κ2) is 10.0. The van der Waals surface area contributed by atoms with E-state index in [1.54, 1.807) is 24.3 Å². The summed E-state index contributed by atoms with van der Waals surface area (Å²) >= 11 is 0. The molecule has 4 nitrogen and oxygen atoms in total. The van der Waals surface area contributed by atoms with Crippen molar-refractivity contribution in [2.45, 2.75) is 32.6 Å². The Balaban J connectivity index is 1.87. The van der Waals surface area contributed by atoms with E-state index in [-0.39, 0.29) is 5.97 Å². The molecule has 0 amide bonds.